The zero-order valence-electron chi connectivity index (χ0n) is 29.3. The average Bonchev–Trinajstić information content (AvgIpc) is 3.60. The number of allylic oxidation sites excluding steroid dienone is 2. The molecule has 0 nitrogen and oxygen atoms in total. The van der Waals surface area contributed by atoms with Gasteiger partial charge < -0.3 is 0 Å². The van der Waals surface area contributed by atoms with Crippen LogP contribution in [-0.2, 0) is 12.8 Å². The van der Waals surface area contributed by atoms with Crippen molar-refractivity contribution >= 4 is 20.2 Å². The molecule has 0 atom stereocenters. The van der Waals surface area contributed by atoms with E-state index in [0.717, 1.165) is 12.8 Å². The molecule has 0 unspecified atom stereocenters. The van der Waals surface area contributed by atoms with Crippen LogP contribution in [-0.4, -0.2) is 8.07 Å². The summed E-state index contributed by atoms with van der Waals surface area (Å²) < 4.78 is 0. The summed E-state index contributed by atoms with van der Waals surface area (Å²) in [4.78, 5) is 0. The van der Waals surface area contributed by atoms with E-state index in [0.29, 0.717) is 11.8 Å². The fourth-order valence-corrected chi connectivity index (χ4v) is 17.2. The van der Waals surface area contributed by atoms with E-state index in [9.17, 15) is 0 Å². The molecule has 0 amide bonds. The summed E-state index contributed by atoms with van der Waals surface area (Å²) in [6.07, 6.45) is 7.43. The molecule has 4 aromatic rings. The average molecular weight is 609 g/mol. The second-order valence-electron chi connectivity index (χ2n) is 16.3. The SMILES string of the molecule is CC(C)c1ccc(-c2cccc3c2C=C([Si](C2=Cc4c(cccc4-c4ccc(C(C)C)cc4)C2)(C(C)(C)C)C(C)(C)C)C3)cc1. The van der Waals surface area contributed by atoms with E-state index in [1.807, 2.05) is 0 Å². The van der Waals surface area contributed by atoms with Crippen LogP contribution in [0.1, 0.15) is 114 Å². The van der Waals surface area contributed by atoms with Crippen molar-refractivity contribution in [2.75, 3.05) is 0 Å². The molecule has 0 heterocycles. The van der Waals surface area contributed by atoms with E-state index in [1.54, 1.807) is 10.4 Å². The first-order valence-corrected chi connectivity index (χ1v) is 19.1. The molecule has 0 saturated heterocycles. The van der Waals surface area contributed by atoms with Gasteiger partial charge in [-0.1, -0.05) is 177 Å². The maximum Gasteiger partial charge on any atom is 0.120 e. The highest BCUT2D eigenvalue weighted by Gasteiger charge is 2.58. The smallest absolute Gasteiger partial charge is 0.0699 e. The first-order chi connectivity index (χ1) is 21.2. The van der Waals surface area contributed by atoms with Gasteiger partial charge in [0.1, 0.15) is 8.07 Å². The molecule has 0 aromatic heterocycles. The second kappa shape index (κ2) is 11.4. The lowest BCUT2D eigenvalue weighted by Crippen LogP contribution is -2.56. The highest BCUT2D eigenvalue weighted by Crippen LogP contribution is 2.62. The third kappa shape index (κ3) is 5.32. The van der Waals surface area contributed by atoms with Gasteiger partial charge in [-0.15, -0.1) is 0 Å². The lowest BCUT2D eigenvalue weighted by molar-refractivity contribution is 0.622. The van der Waals surface area contributed by atoms with E-state index >= 15 is 0 Å². The van der Waals surface area contributed by atoms with Crippen molar-refractivity contribution in [3.63, 3.8) is 0 Å². The van der Waals surface area contributed by atoms with Crippen LogP contribution in [0.5, 0.6) is 0 Å². The molecule has 4 aromatic carbocycles. The Labute approximate surface area is 274 Å². The molecule has 2 aliphatic carbocycles. The Morgan fingerprint density at radius 2 is 0.844 bits per heavy atom. The first-order valence-electron chi connectivity index (χ1n) is 17.1. The molecule has 0 N–H and O–H groups in total. The minimum Gasteiger partial charge on any atom is -0.0699 e. The van der Waals surface area contributed by atoms with Gasteiger partial charge in [0.15, 0.2) is 0 Å². The summed E-state index contributed by atoms with van der Waals surface area (Å²) in [6.45, 7) is 24.3. The number of fused-ring (bicyclic) bond motifs is 2. The Kier molecular flexibility index (Phi) is 8.01. The Bertz CT molecular complexity index is 1640. The molecule has 1 heteroatoms. The zero-order chi connectivity index (χ0) is 32.3. The largest absolute Gasteiger partial charge is 0.120 e. The molecule has 232 valence electrons. The van der Waals surface area contributed by atoms with E-state index in [2.05, 4.69) is 166 Å². The van der Waals surface area contributed by atoms with E-state index < -0.39 is 8.07 Å². The third-order valence-corrected chi connectivity index (χ3v) is 17.9. The lowest BCUT2D eigenvalue weighted by Gasteiger charge is -2.54. The van der Waals surface area contributed by atoms with Crippen molar-refractivity contribution in [3.05, 3.63) is 129 Å². The quantitative estimate of drug-likeness (QED) is 0.191. The summed E-state index contributed by atoms with van der Waals surface area (Å²) in [5.74, 6) is 1.09. The van der Waals surface area contributed by atoms with E-state index in [1.165, 1.54) is 55.6 Å². The van der Waals surface area contributed by atoms with E-state index in [-0.39, 0.29) is 10.1 Å². The normalized spacial score (nSPS) is 14.9. The molecule has 45 heavy (non-hydrogen) atoms. The van der Waals surface area contributed by atoms with Gasteiger partial charge in [0.05, 0.1) is 0 Å². The highest BCUT2D eigenvalue weighted by atomic mass is 28.3. The molecule has 0 fully saturated rings. The third-order valence-electron chi connectivity index (χ3n) is 10.8. The first kappa shape index (κ1) is 31.6. The Balaban J connectivity index is 1.49. The molecule has 0 bridgehead atoms. The van der Waals surface area contributed by atoms with Crippen LogP contribution in [0.2, 0.25) is 10.1 Å². The van der Waals surface area contributed by atoms with Crippen LogP contribution in [0.15, 0.2) is 95.3 Å². The number of hydrogen-bond acceptors (Lipinski definition) is 0. The fourth-order valence-electron chi connectivity index (χ4n) is 9.07. The lowest BCUT2D eigenvalue weighted by atomic mass is 9.94. The predicted octanol–water partition coefficient (Wildman–Crippen LogP) is 13.0. The zero-order valence-corrected chi connectivity index (χ0v) is 30.3. The molecule has 0 saturated carbocycles. The van der Waals surface area contributed by atoms with Crippen molar-refractivity contribution < 1.29 is 0 Å². The van der Waals surface area contributed by atoms with Crippen molar-refractivity contribution in [1.82, 2.24) is 0 Å². The topological polar surface area (TPSA) is 0 Å². The van der Waals surface area contributed by atoms with Crippen LogP contribution < -0.4 is 0 Å². The summed E-state index contributed by atoms with van der Waals surface area (Å²) in [5.41, 5.74) is 14.1. The van der Waals surface area contributed by atoms with Crippen LogP contribution >= 0.6 is 0 Å². The number of benzene rings is 4. The second-order valence-corrected chi connectivity index (χ2v) is 22.0. The van der Waals surface area contributed by atoms with Crippen molar-refractivity contribution in [2.24, 2.45) is 0 Å². The molecule has 0 spiro atoms. The van der Waals surface area contributed by atoms with Crippen LogP contribution in [0, 0.1) is 0 Å². The minimum atomic E-state index is -2.30. The predicted molar refractivity (Wildman–Crippen MR) is 200 cm³/mol. The maximum atomic E-state index is 2.65. The Morgan fingerprint density at radius 3 is 1.16 bits per heavy atom. The Morgan fingerprint density at radius 1 is 0.489 bits per heavy atom. The van der Waals surface area contributed by atoms with Crippen molar-refractivity contribution in [1.29, 1.82) is 0 Å². The monoisotopic (exact) mass is 608 g/mol. The molecular weight excluding hydrogens is 557 g/mol. The summed E-state index contributed by atoms with van der Waals surface area (Å²) >= 11 is 0. The van der Waals surface area contributed by atoms with Gasteiger partial charge >= 0.3 is 0 Å². The maximum absolute atomic E-state index is 2.65. The molecular formula is C44H52Si. The Hall–Kier alpha value is -3.42. The molecule has 6 rings (SSSR count). The fraction of sp³-hybridized carbons (Fsp3) is 0.364. The van der Waals surface area contributed by atoms with Crippen molar-refractivity contribution in [3.8, 4) is 22.3 Å². The minimum absolute atomic E-state index is 0.144. The summed E-state index contributed by atoms with van der Waals surface area (Å²) in [7, 11) is -2.30. The van der Waals surface area contributed by atoms with Gasteiger partial charge in [0.2, 0.25) is 0 Å². The van der Waals surface area contributed by atoms with Gasteiger partial charge in [-0.2, -0.15) is 0 Å². The molecule has 0 aliphatic heterocycles. The van der Waals surface area contributed by atoms with Gasteiger partial charge in [-0.3, -0.25) is 0 Å². The van der Waals surface area contributed by atoms with Gasteiger partial charge in [-0.05, 0) is 90.4 Å². The van der Waals surface area contributed by atoms with Gasteiger partial charge in [0, 0.05) is 0 Å². The number of rotatable bonds is 6. The highest BCUT2D eigenvalue weighted by molar-refractivity contribution is 6.98. The van der Waals surface area contributed by atoms with Crippen LogP contribution in [0.3, 0.4) is 0 Å². The van der Waals surface area contributed by atoms with Crippen molar-refractivity contribution in [2.45, 2.75) is 104 Å². The van der Waals surface area contributed by atoms with Crippen LogP contribution in [0.4, 0.5) is 0 Å². The molecule has 2 aliphatic rings. The molecule has 0 radical (unpaired) electrons. The van der Waals surface area contributed by atoms with Gasteiger partial charge in [-0.25, -0.2) is 0 Å². The standard InChI is InChI=1S/C44H52Si/c1-29(2)31-17-21-33(22-18-31)39-15-11-13-35-25-37(27-41(35)39)45(43(5,6)7,44(8,9)10)38-26-36-14-12-16-40(42(36)28-38)34-23-19-32(20-24-34)30(3)4/h11-24,27-30H,25-26H2,1-10H3. The summed E-state index contributed by atoms with van der Waals surface area (Å²) in [6, 6.07) is 32.6. The number of hydrogen-bond donors (Lipinski definition) is 0. The summed E-state index contributed by atoms with van der Waals surface area (Å²) in [5, 5.41) is 3.69. The van der Waals surface area contributed by atoms with E-state index in [4.69, 9.17) is 0 Å². The van der Waals surface area contributed by atoms with Crippen LogP contribution in [0.25, 0.3) is 34.4 Å². The van der Waals surface area contributed by atoms with Gasteiger partial charge in [0.25, 0.3) is 0 Å².